The van der Waals surface area contributed by atoms with Crippen LogP contribution in [0.4, 0.5) is 5.69 Å². The summed E-state index contributed by atoms with van der Waals surface area (Å²) in [6.45, 7) is 2.94. The van der Waals surface area contributed by atoms with Crippen molar-refractivity contribution in [1.82, 2.24) is 5.32 Å². The van der Waals surface area contributed by atoms with E-state index < -0.39 is 18.0 Å². The lowest BCUT2D eigenvalue weighted by molar-refractivity contribution is -0.129. The molecule has 6 nitrogen and oxygen atoms in total. The molecule has 0 aromatic heterocycles. The van der Waals surface area contributed by atoms with Crippen molar-refractivity contribution in [2.45, 2.75) is 26.0 Å². The van der Waals surface area contributed by atoms with E-state index in [2.05, 4.69) is 10.6 Å². The molecule has 0 saturated heterocycles. The number of benzene rings is 3. The second-order valence-electron chi connectivity index (χ2n) is 7.07. The van der Waals surface area contributed by atoms with Crippen molar-refractivity contribution in [3.8, 4) is 0 Å². The monoisotopic (exact) mass is 416 g/mol. The van der Waals surface area contributed by atoms with Crippen LogP contribution < -0.4 is 10.6 Å². The summed E-state index contributed by atoms with van der Waals surface area (Å²) in [6, 6.07) is 25.1. The third-order valence-corrected chi connectivity index (χ3v) is 4.65. The maximum absolute atomic E-state index is 12.8. The maximum atomic E-state index is 12.8. The molecule has 0 aliphatic heterocycles. The third-order valence-electron chi connectivity index (χ3n) is 4.65. The number of ether oxygens (including phenoxy) is 1. The molecule has 3 rings (SSSR count). The van der Waals surface area contributed by atoms with Gasteiger partial charge in [0.25, 0.3) is 5.91 Å². The summed E-state index contributed by atoms with van der Waals surface area (Å²) in [6.07, 6.45) is -0.988. The number of carbonyl (C=O) groups is 3. The summed E-state index contributed by atoms with van der Waals surface area (Å²) in [7, 11) is 0. The summed E-state index contributed by atoms with van der Waals surface area (Å²) in [5.41, 5.74) is 2.71. The molecule has 2 amide bonds. The second-order valence-corrected chi connectivity index (χ2v) is 7.07. The minimum atomic E-state index is -0.988. The molecule has 0 unspecified atom stereocenters. The Kier molecular flexibility index (Phi) is 7.17. The summed E-state index contributed by atoms with van der Waals surface area (Å²) in [5, 5.41) is 5.60. The highest BCUT2D eigenvalue weighted by molar-refractivity contribution is 5.93. The number of rotatable bonds is 7. The SMILES string of the molecule is CC(=O)Nc1ccc(C(=O)O[C@@H](C)C(=O)NC(c2ccccc2)c2ccccc2)cc1. The Morgan fingerprint density at radius 3 is 1.77 bits per heavy atom. The van der Waals surface area contributed by atoms with Gasteiger partial charge in [-0.3, -0.25) is 9.59 Å². The van der Waals surface area contributed by atoms with Gasteiger partial charge < -0.3 is 15.4 Å². The van der Waals surface area contributed by atoms with Crippen molar-refractivity contribution >= 4 is 23.5 Å². The van der Waals surface area contributed by atoms with E-state index in [9.17, 15) is 14.4 Å². The van der Waals surface area contributed by atoms with Crippen molar-refractivity contribution in [3.05, 3.63) is 102 Å². The Balaban J connectivity index is 1.68. The first kappa shape index (κ1) is 21.8. The molecule has 0 heterocycles. The molecule has 0 aliphatic carbocycles. The van der Waals surface area contributed by atoms with E-state index in [1.165, 1.54) is 26.0 Å². The first-order valence-electron chi connectivity index (χ1n) is 9.93. The standard InChI is InChI=1S/C25H24N2O4/c1-17(31-25(30)21-13-15-22(16-14-21)26-18(2)28)24(29)27-23(19-9-5-3-6-10-19)20-11-7-4-8-12-20/h3-17,23H,1-2H3,(H,26,28)(H,27,29)/t17-/m0/s1. The zero-order valence-corrected chi connectivity index (χ0v) is 17.4. The Morgan fingerprint density at radius 1 is 0.774 bits per heavy atom. The average Bonchev–Trinajstić information content (AvgIpc) is 2.78. The lowest BCUT2D eigenvalue weighted by Crippen LogP contribution is -2.38. The first-order valence-corrected chi connectivity index (χ1v) is 9.93. The molecular weight excluding hydrogens is 392 g/mol. The van der Waals surface area contributed by atoms with Crippen molar-refractivity contribution < 1.29 is 19.1 Å². The highest BCUT2D eigenvalue weighted by Crippen LogP contribution is 2.22. The quantitative estimate of drug-likeness (QED) is 0.568. The van der Waals surface area contributed by atoms with Gasteiger partial charge in [0.15, 0.2) is 6.10 Å². The van der Waals surface area contributed by atoms with Gasteiger partial charge in [0.05, 0.1) is 11.6 Å². The van der Waals surface area contributed by atoms with Gasteiger partial charge in [0.1, 0.15) is 0 Å². The number of carbonyl (C=O) groups excluding carboxylic acids is 3. The molecule has 3 aromatic rings. The fourth-order valence-corrected chi connectivity index (χ4v) is 3.08. The van der Waals surface area contributed by atoms with Crippen LogP contribution in [0.3, 0.4) is 0 Å². The summed E-state index contributed by atoms with van der Waals surface area (Å²) < 4.78 is 5.35. The van der Waals surface area contributed by atoms with E-state index >= 15 is 0 Å². The predicted molar refractivity (Wildman–Crippen MR) is 118 cm³/mol. The van der Waals surface area contributed by atoms with E-state index in [-0.39, 0.29) is 17.5 Å². The van der Waals surface area contributed by atoms with Crippen molar-refractivity contribution in [3.63, 3.8) is 0 Å². The molecule has 0 fully saturated rings. The Labute approximate surface area is 181 Å². The van der Waals surface area contributed by atoms with Crippen LogP contribution in [0.5, 0.6) is 0 Å². The molecule has 0 radical (unpaired) electrons. The molecule has 0 saturated carbocycles. The van der Waals surface area contributed by atoms with Gasteiger partial charge in [-0.15, -0.1) is 0 Å². The molecule has 0 bridgehead atoms. The van der Waals surface area contributed by atoms with Gasteiger partial charge in [-0.05, 0) is 42.3 Å². The zero-order valence-electron chi connectivity index (χ0n) is 17.4. The van der Waals surface area contributed by atoms with Crippen LogP contribution in [-0.4, -0.2) is 23.9 Å². The predicted octanol–water partition coefficient (Wildman–Crippen LogP) is 4.10. The summed E-state index contributed by atoms with van der Waals surface area (Å²) in [4.78, 5) is 36.3. The van der Waals surface area contributed by atoms with Gasteiger partial charge >= 0.3 is 5.97 Å². The molecule has 0 aliphatic rings. The van der Waals surface area contributed by atoms with Crippen molar-refractivity contribution in [2.75, 3.05) is 5.32 Å². The molecule has 2 N–H and O–H groups in total. The fourth-order valence-electron chi connectivity index (χ4n) is 3.08. The largest absolute Gasteiger partial charge is 0.449 e. The molecule has 1 atom stereocenters. The van der Waals surface area contributed by atoms with Crippen molar-refractivity contribution in [2.24, 2.45) is 0 Å². The van der Waals surface area contributed by atoms with E-state index in [0.717, 1.165) is 11.1 Å². The number of esters is 1. The van der Waals surface area contributed by atoms with E-state index in [0.29, 0.717) is 5.69 Å². The lowest BCUT2D eigenvalue weighted by Gasteiger charge is -2.22. The van der Waals surface area contributed by atoms with Crippen LogP contribution in [0.2, 0.25) is 0 Å². The van der Waals surface area contributed by atoms with Crippen LogP contribution in [0, 0.1) is 0 Å². The molecule has 3 aromatic carbocycles. The number of hydrogen-bond donors (Lipinski definition) is 2. The maximum Gasteiger partial charge on any atom is 0.338 e. The van der Waals surface area contributed by atoms with Crippen LogP contribution in [0.1, 0.15) is 41.4 Å². The summed E-state index contributed by atoms with van der Waals surface area (Å²) >= 11 is 0. The van der Waals surface area contributed by atoms with Crippen molar-refractivity contribution in [1.29, 1.82) is 0 Å². The van der Waals surface area contributed by atoms with E-state index in [1.54, 1.807) is 12.1 Å². The van der Waals surface area contributed by atoms with Gasteiger partial charge in [0.2, 0.25) is 5.91 Å². The van der Waals surface area contributed by atoms with Gasteiger partial charge in [-0.25, -0.2) is 4.79 Å². The normalized spacial score (nSPS) is 11.5. The molecule has 31 heavy (non-hydrogen) atoms. The highest BCUT2D eigenvalue weighted by atomic mass is 16.5. The van der Waals surface area contributed by atoms with E-state index in [1.807, 2.05) is 60.7 Å². The van der Waals surface area contributed by atoms with Crippen LogP contribution in [0.25, 0.3) is 0 Å². The summed E-state index contributed by atoms with van der Waals surface area (Å²) in [5.74, 6) is -1.22. The molecule has 6 heteroatoms. The Hall–Kier alpha value is -3.93. The second kappa shape index (κ2) is 10.2. The topological polar surface area (TPSA) is 84.5 Å². The number of amides is 2. The van der Waals surface area contributed by atoms with Gasteiger partial charge in [0, 0.05) is 12.6 Å². The lowest BCUT2D eigenvalue weighted by atomic mass is 9.98. The smallest absolute Gasteiger partial charge is 0.338 e. The minimum Gasteiger partial charge on any atom is -0.449 e. The van der Waals surface area contributed by atoms with Crippen LogP contribution in [-0.2, 0) is 14.3 Å². The van der Waals surface area contributed by atoms with Gasteiger partial charge in [-0.1, -0.05) is 60.7 Å². The molecular formula is C25H24N2O4. The number of anilines is 1. The number of nitrogens with one attached hydrogen (secondary N) is 2. The Bertz CT molecular complexity index is 995. The number of hydrogen-bond acceptors (Lipinski definition) is 4. The zero-order chi connectivity index (χ0) is 22.2. The Morgan fingerprint density at radius 2 is 1.29 bits per heavy atom. The average molecular weight is 416 g/mol. The van der Waals surface area contributed by atoms with Crippen LogP contribution >= 0.6 is 0 Å². The highest BCUT2D eigenvalue weighted by Gasteiger charge is 2.23. The minimum absolute atomic E-state index is 0.202. The first-order chi connectivity index (χ1) is 14.9. The molecule has 0 spiro atoms. The fraction of sp³-hybridized carbons (Fsp3) is 0.160. The third kappa shape index (κ3) is 6.02. The molecule has 158 valence electrons. The van der Waals surface area contributed by atoms with E-state index in [4.69, 9.17) is 4.74 Å². The van der Waals surface area contributed by atoms with Crippen LogP contribution in [0.15, 0.2) is 84.9 Å². The van der Waals surface area contributed by atoms with Gasteiger partial charge in [-0.2, -0.15) is 0 Å².